The Balaban J connectivity index is 1.96. The number of nitrogens with one attached hydrogen (secondary N) is 1. The number of benzene rings is 2. The van der Waals surface area contributed by atoms with E-state index in [-0.39, 0.29) is 17.5 Å². The highest BCUT2D eigenvalue weighted by atomic mass is 19.4. The van der Waals surface area contributed by atoms with Gasteiger partial charge >= 0.3 is 18.4 Å². The van der Waals surface area contributed by atoms with Crippen LogP contribution >= 0.6 is 0 Å². The van der Waals surface area contributed by atoms with Gasteiger partial charge in [-0.05, 0) is 42.5 Å². The maximum Gasteiger partial charge on any atom is 0.422 e. The zero-order valence-electron chi connectivity index (χ0n) is 15.8. The van der Waals surface area contributed by atoms with Gasteiger partial charge in [-0.1, -0.05) is 6.07 Å². The second kappa shape index (κ2) is 8.66. The lowest BCUT2D eigenvalue weighted by Gasteiger charge is -2.12. The van der Waals surface area contributed by atoms with Gasteiger partial charge in [0.1, 0.15) is 5.75 Å². The molecular formula is C19H14F6N4O2. The molecule has 2 aromatic carbocycles. The SMILES string of the molecule is COc1ccc(-c2nc(Nc3cccc(C(F)(F)F)c3)nc(OCC(F)(F)F)n2)cc1. The first-order valence-electron chi connectivity index (χ1n) is 8.58. The van der Waals surface area contributed by atoms with Crippen LogP contribution in [0.25, 0.3) is 11.4 Å². The van der Waals surface area contributed by atoms with Crippen LogP contribution in [0.4, 0.5) is 38.0 Å². The first-order chi connectivity index (χ1) is 14.5. The number of methoxy groups -OCH3 is 1. The highest BCUT2D eigenvalue weighted by molar-refractivity contribution is 5.60. The van der Waals surface area contributed by atoms with Crippen LogP contribution in [0.5, 0.6) is 11.8 Å². The molecule has 12 heteroatoms. The van der Waals surface area contributed by atoms with E-state index in [1.807, 2.05) is 0 Å². The Labute approximate surface area is 171 Å². The van der Waals surface area contributed by atoms with E-state index in [2.05, 4.69) is 25.0 Å². The van der Waals surface area contributed by atoms with Crippen molar-refractivity contribution in [1.82, 2.24) is 15.0 Å². The molecule has 0 saturated carbocycles. The summed E-state index contributed by atoms with van der Waals surface area (Å²) in [6.07, 6.45) is -9.21. The minimum Gasteiger partial charge on any atom is -0.497 e. The van der Waals surface area contributed by atoms with Gasteiger partial charge in [-0.3, -0.25) is 0 Å². The van der Waals surface area contributed by atoms with Gasteiger partial charge in [0, 0.05) is 11.3 Å². The molecule has 0 aliphatic rings. The van der Waals surface area contributed by atoms with Gasteiger partial charge in [0.05, 0.1) is 12.7 Å². The van der Waals surface area contributed by atoms with E-state index in [9.17, 15) is 26.3 Å². The molecule has 0 bridgehead atoms. The Bertz CT molecular complexity index is 1040. The fourth-order valence-corrected chi connectivity index (χ4v) is 2.39. The van der Waals surface area contributed by atoms with Crippen LogP contribution in [0.3, 0.4) is 0 Å². The largest absolute Gasteiger partial charge is 0.497 e. The lowest BCUT2D eigenvalue weighted by Crippen LogP contribution is -2.20. The van der Waals surface area contributed by atoms with E-state index in [1.165, 1.54) is 13.2 Å². The molecule has 0 spiro atoms. The van der Waals surface area contributed by atoms with Crippen molar-refractivity contribution in [2.24, 2.45) is 0 Å². The van der Waals surface area contributed by atoms with Gasteiger partial charge in [-0.25, -0.2) is 0 Å². The van der Waals surface area contributed by atoms with Crippen molar-refractivity contribution in [3.05, 3.63) is 54.1 Å². The molecule has 164 valence electrons. The fourth-order valence-electron chi connectivity index (χ4n) is 2.39. The smallest absolute Gasteiger partial charge is 0.422 e. The first-order valence-corrected chi connectivity index (χ1v) is 8.58. The molecule has 1 aromatic heterocycles. The topological polar surface area (TPSA) is 69.2 Å². The molecule has 0 atom stereocenters. The van der Waals surface area contributed by atoms with Crippen molar-refractivity contribution in [2.45, 2.75) is 12.4 Å². The zero-order valence-corrected chi connectivity index (χ0v) is 15.8. The predicted molar refractivity (Wildman–Crippen MR) is 98.1 cm³/mol. The number of anilines is 2. The molecule has 3 rings (SSSR count). The number of aromatic nitrogens is 3. The molecule has 0 fully saturated rings. The van der Waals surface area contributed by atoms with E-state index in [0.717, 1.165) is 18.2 Å². The molecule has 0 unspecified atom stereocenters. The van der Waals surface area contributed by atoms with Crippen molar-refractivity contribution in [1.29, 1.82) is 0 Å². The van der Waals surface area contributed by atoms with Crippen molar-refractivity contribution >= 4 is 11.6 Å². The molecule has 0 aliphatic carbocycles. The quantitative estimate of drug-likeness (QED) is 0.524. The first kappa shape index (κ1) is 22.1. The zero-order chi connectivity index (χ0) is 22.6. The van der Waals surface area contributed by atoms with Gasteiger partial charge in [0.25, 0.3) is 0 Å². The van der Waals surface area contributed by atoms with Gasteiger partial charge in [-0.15, -0.1) is 0 Å². The number of halogens is 6. The van der Waals surface area contributed by atoms with Gasteiger partial charge in [0.15, 0.2) is 12.4 Å². The molecule has 31 heavy (non-hydrogen) atoms. The van der Waals surface area contributed by atoms with E-state index in [0.29, 0.717) is 11.3 Å². The standard InChI is InChI=1S/C19H14F6N4O2/c1-30-14-7-5-11(6-8-14)15-27-16(29-17(28-15)31-10-18(20,21)22)26-13-4-2-3-12(9-13)19(23,24)25/h2-9H,10H2,1H3,(H,26,27,28,29). The summed E-state index contributed by atoms with van der Waals surface area (Å²) in [6.45, 7) is -1.65. The number of nitrogens with zero attached hydrogens (tertiary/aromatic N) is 3. The molecule has 0 radical (unpaired) electrons. The van der Waals surface area contributed by atoms with Crippen LogP contribution in [0, 0.1) is 0 Å². The summed E-state index contributed by atoms with van der Waals surface area (Å²) in [4.78, 5) is 11.7. The lowest BCUT2D eigenvalue weighted by molar-refractivity contribution is -0.154. The third kappa shape index (κ3) is 6.20. The van der Waals surface area contributed by atoms with Gasteiger partial charge in [0.2, 0.25) is 5.95 Å². The summed E-state index contributed by atoms with van der Waals surface area (Å²) in [7, 11) is 1.46. The number of hydrogen-bond donors (Lipinski definition) is 1. The minimum atomic E-state index is -4.64. The molecule has 0 aliphatic heterocycles. The summed E-state index contributed by atoms with van der Waals surface area (Å²) in [5, 5.41) is 2.54. The molecule has 6 nitrogen and oxygen atoms in total. The van der Waals surface area contributed by atoms with Gasteiger partial charge in [-0.2, -0.15) is 41.3 Å². The van der Waals surface area contributed by atoms with Crippen LogP contribution in [0.15, 0.2) is 48.5 Å². The number of alkyl halides is 6. The number of rotatable bonds is 6. The van der Waals surface area contributed by atoms with E-state index >= 15 is 0 Å². The Morgan fingerprint density at radius 1 is 0.903 bits per heavy atom. The normalized spacial score (nSPS) is 11.8. The van der Waals surface area contributed by atoms with Crippen LogP contribution in [0.1, 0.15) is 5.56 Å². The predicted octanol–water partition coefficient (Wildman–Crippen LogP) is 5.25. The summed E-state index contributed by atoms with van der Waals surface area (Å²) in [5.41, 5.74) is -0.550. The highest BCUT2D eigenvalue weighted by Crippen LogP contribution is 2.31. The third-order valence-corrected chi connectivity index (χ3v) is 3.77. The molecule has 0 saturated heterocycles. The van der Waals surface area contributed by atoms with Crippen LogP contribution in [-0.2, 0) is 6.18 Å². The van der Waals surface area contributed by atoms with E-state index in [4.69, 9.17) is 4.74 Å². The van der Waals surface area contributed by atoms with Crippen LogP contribution < -0.4 is 14.8 Å². The molecular weight excluding hydrogens is 430 g/mol. The Morgan fingerprint density at radius 2 is 1.61 bits per heavy atom. The summed E-state index contributed by atoms with van der Waals surface area (Å²) in [6, 6.07) is 9.79. The average Bonchev–Trinajstić information content (AvgIpc) is 2.71. The van der Waals surface area contributed by atoms with Gasteiger partial charge < -0.3 is 14.8 Å². The van der Waals surface area contributed by atoms with Crippen LogP contribution in [0.2, 0.25) is 0 Å². The summed E-state index contributed by atoms with van der Waals surface area (Å²) >= 11 is 0. The summed E-state index contributed by atoms with van der Waals surface area (Å²) < 4.78 is 86.0. The minimum absolute atomic E-state index is 0.0246. The lowest BCUT2D eigenvalue weighted by atomic mass is 10.2. The number of ether oxygens (including phenoxy) is 2. The van der Waals surface area contributed by atoms with Crippen molar-refractivity contribution in [2.75, 3.05) is 19.0 Å². The summed E-state index contributed by atoms with van der Waals surface area (Å²) in [5.74, 6) is 0.176. The maximum absolute atomic E-state index is 12.9. The maximum atomic E-state index is 12.9. The van der Waals surface area contributed by atoms with Crippen LogP contribution in [-0.4, -0.2) is 34.8 Å². The molecule has 0 amide bonds. The Hall–Kier alpha value is -3.57. The Kier molecular flexibility index (Phi) is 6.18. The molecule has 1 heterocycles. The third-order valence-electron chi connectivity index (χ3n) is 3.77. The Morgan fingerprint density at radius 3 is 2.23 bits per heavy atom. The van der Waals surface area contributed by atoms with E-state index in [1.54, 1.807) is 24.3 Å². The second-order valence-corrected chi connectivity index (χ2v) is 6.10. The van der Waals surface area contributed by atoms with Crippen molar-refractivity contribution < 1.29 is 35.8 Å². The van der Waals surface area contributed by atoms with E-state index < -0.39 is 30.5 Å². The van der Waals surface area contributed by atoms with Crippen molar-refractivity contribution in [3.8, 4) is 23.1 Å². The number of hydrogen-bond acceptors (Lipinski definition) is 6. The monoisotopic (exact) mass is 444 g/mol. The van der Waals surface area contributed by atoms with Crippen molar-refractivity contribution in [3.63, 3.8) is 0 Å². The second-order valence-electron chi connectivity index (χ2n) is 6.10. The fraction of sp³-hybridized carbons (Fsp3) is 0.211. The molecule has 3 aromatic rings. The average molecular weight is 444 g/mol. The highest BCUT2D eigenvalue weighted by Gasteiger charge is 2.31. The molecule has 1 N–H and O–H groups in total.